The number of rotatable bonds is 10. The van der Waals surface area contributed by atoms with E-state index in [-0.39, 0.29) is 24.7 Å². The Balaban J connectivity index is 1.79. The number of carbonyl (C=O) groups is 3. The molecule has 2 aromatic carbocycles. The zero-order valence-electron chi connectivity index (χ0n) is 16.0. The Labute approximate surface area is 168 Å². The van der Waals surface area contributed by atoms with Gasteiger partial charge in [-0.3, -0.25) is 9.59 Å². The molecular weight excluding hydrogens is 376 g/mol. The molecule has 2 aromatic rings. The molecule has 8 nitrogen and oxygen atoms in total. The fourth-order valence-electron chi connectivity index (χ4n) is 2.19. The molecule has 0 saturated carbocycles. The molecule has 0 fully saturated rings. The average Bonchev–Trinajstić information content (AvgIpc) is 2.75. The number of hydrogen-bond acceptors (Lipinski definition) is 6. The monoisotopic (exact) mass is 398 g/mol. The summed E-state index contributed by atoms with van der Waals surface area (Å²) in [6, 6.07) is 13.0. The van der Waals surface area contributed by atoms with Crippen molar-refractivity contribution in [2.75, 3.05) is 32.2 Å². The highest BCUT2D eigenvalue weighted by molar-refractivity contribution is 5.92. The van der Waals surface area contributed by atoms with Crippen molar-refractivity contribution in [3.8, 4) is 11.5 Å². The van der Waals surface area contributed by atoms with Crippen molar-refractivity contribution in [2.45, 2.75) is 0 Å². The molecule has 29 heavy (non-hydrogen) atoms. The molecule has 152 valence electrons. The highest BCUT2D eigenvalue weighted by Crippen LogP contribution is 2.17. The van der Waals surface area contributed by atoms with Crippen LogP contribution in [0.4, 0.5) is 5.69 Å². The van der Waals surface area contributed by atoms with Gasteiger partial charge in [0, 0.05) is 18.3 Å². The molecule has 0 bridgehead atoms. The minimum atomic E-state index is -0.638. The minimum Gasteiger partial charge on any atom is -0.497 e. The van der Waals surface area contributed by atoms with Crippen LogP contribution in [0.1, 0.15) is 10.4 Å². The molecule has 0 radical (unpaired) electrons. The summed E-state index contributed by atoms with van der Waals surface area (Å²) < 4.78 is 15.4. The quantitative estimate of drug-likeness (QED) is 0.470. The Morgan fingerprint density at radius 1 is 1.00 bits per heavy atom. The van der Waals surface area contributed by atoms with E-state index in [4.69, 9.17) is 14.2 Å². The van der Waals surface area contributed by atoms with Gasteiger partial charge in [0.15, 0.2) is 13.2 Å². The molecule has 0 saturated heterocycles. The lowest BCUT2D eigenvalue weighted by Crippen LogP contribution is -2.28. The second kappa shape index (κ2) is 11.1. The van der Waals surface area contributed by atoms with Gasteiger partial charge in [0.05, 0.1) is 12.7 Å². The molecule has 8 heteroatoms. The lowest BCUT2D eigenvalue weighted by Gasteiger charge is -2.09. The molecule has 0 aliphatic heterocycles. The van der Waals surface area contributed by atoms with E-state index in [9.17, 15) is 14.4 Å². The number of hydrogen-bond donors (Lipinski definition) is 2. The number of esters is 1. The van der Waals surface area contributed by atoms with Crippen molar-refractivity contribution >= 4 is 23.5 Å². The number of nitrogens with one attached hydrogen (secondary N) is 2. The first-order valence-corrected chi connectivity index (χ1v) is 8.73. The Kier molecular flexibility index (Phi) is 8.25. The zero-order valence-corrected chi connectivity index (χ0v) is 16.0. The number of carbonyl (C=O) groups excluding carboxylic acids is 3. The van der Waals surface area contributed by atoms with Gasteiger partial charge in [-0.05, 0) is 36.4 Å². The highest BCUT2D eigenvalue weighted by atomic mass is 16.5. The summed E-state index contributed by atoms with van der Waals surface area (Å²) in [6.45, 7) is 3.19. The van der Waals surface area contributed by atoms with Gasteiger partial charge in [0.1, 0.15) is 11.5 Å². The van der Waals surface area contributed by atoms with Crippen molar-refractivity contribution in [3.63, 3.8) is 0 Å². The van der Waals surface area contributed by atoms with Gasteiger partial charge in [-0.1, -0.05) is 12.1 Å². The molecule has 2 rings (SSSR count). The maximum atomic E-state index is 12.0. The van der Waals surface area contributed by atoms with Crippen LogP contribution in [0.2, 0.25) is 0 Å². The lowest BCUT2D eigenvalue weighted by molar-refractivity contribution is -0.124. The number of methoxy groups -OCH3 is 1. The fourth-order valence-corrected chi connectivity index (χ4v) is 2.19. The Morgan fingerprint density at radius 2 is 1.76 bits per heavy atom. The van der Waals surface area contributed by atoms with Gasteiger partial charge in [-0.2, -0.15) is 0 Å². The summed E-state index contributed by atoms with van der Waals surface area (Å²) in [5, 5.41) is 5.20. The SMILES string of the molecule is C=CCNC(=O)COC(=O)c1ccc(OCC(=O)Nc2cccc(OC)c2)cc1. The molecule has 0 aliphatic rings. The third-order valence-electron chi connectivity index (χ3n) is 3.59. The molecule has 0 heterocycles. The molecule has 0 spiro atoms. The molecule has 0 unspecified atom stereocenters. The summed E-state index contributed by atoms with van der Waals surface area (Å²) in [4.78, 5) is 35.3. The number of benzene rings is 2. The Bertz CT molecular complexity index is 864. The van der Waals surface area contributed by atoms with Crippen LogP contribution >= 0.6 is 0 Å². The van der Waals surface area contributed by atoms with E-state index in [0.717, 1.165) is 0 Å². The highest BCUT2D eigenvalue weighted by Gasteiger charge is 2.10. The van der Waals surface area contributed by atoms with Crippen molar-refractivity contribution < 1.29 is 28.6 Å². The summed E-state index contributed by atoms with van der Waals surface area (Å²) in [7, 11) is 1.54. The molecular formula is C21H22N2O6. The van der Waals surface area contributed by atoms with E-state index in [2.05, 4.69) is 17.2 Å². The molecule has 0 aliphatic carbocycles. The van der Waals surface area contributed by atoms with E-state index in [0.29, 0.717) is 23.7 Å². The smallest absolute Gasteiger partial charge is 0.338 e. The molecule has 0 atom stereocenters. The maximum Gasteiger partial charge on any atom is 0.338 e. The van der Waals surface area contributed by atoms with Crippen LogP contribution in [0.25, 0.3) is 0 Å². The maximum absolute atomic E-state index is 12.0. The van der Waals surface area contributed by atoms with Crippen LogP contribution in [-0.4, -0.2) is 44.7 Å². The van der Waals surface area contributed by atoms with Crippen LogP contribution < -0.4 is 20.1 Å². The van der Waals surface area contributed by atoms with Gasteiger partial charge in [0.25, 0.3) is 11.8 Å². The topological polar surface area (TPSA) is 103 Å². The first-order chi connectivity index (χ1) is 14.0. The second-order valence-electron chi connectivity index (χ2n) is 5.76. The largest absolute Gasteiger partial charge is 0.497 e. The molecule has 2 N–H and O–H groups in total. The summed E-state index contributed by atoms with van der Waals surface area (Å²) in [6.07, 6.45) is 1.52. The Hall–Kier alpha value is -3.81. The predicted octanol–water partition coefficient (Wildman–Crippen LogP) is 2.17. The van der Waals surface area contributed by atoms with E-state index < -0.39 is 11.9 Å². The van der Waals surface area contributed by atoms with Gasteiger partial charge >= 0.3 is 5.97 Å². The van der Waals surface area contributed by atoms with Crippen LogP contribution in [0.15, 0.2) is 61.2 Å². The second-order valence-corrected chi connectivity index (χ2v) is 5.76. The van der Waals surface area contributed by atoms with Gasteiger partial charge in [-0.25, -0.2) is 4.79 Å². The van der Waals surface area contributed by atoms with E-state index in [1.807, 2.05) is 0 Å². The van der Waals surface area contributed by atoms with Crippen LogP contribution in [0, 0.1) is 0 Å². The predicted molar refractivity (Wildman–Crippen MR) is 107 cm³/mol. The average molecular weight is 398 g/mol. The third-order valence-corrected chi connectivity index (χ3v) is 3.59. The van der Waals surface area contributed by atoms with Crippen molar-refractivity contribution in [3.05, 3.63) is 66.7 Å². The summed E-state index contributed by atoms with van der Waals surface area (Å²) >= 11 is 0. The van der Waals surface area contributed by atoms with Crippen molar-refractivity contribution in [2.24, 2.45) is 0 Å². The minimum absolute atomic E-state index is 0.204. The van der Waals surface area contributed by atoms with Gasteiger partial charge in [-0.15, -0.1) is 6.58 Å². The summed E-state index contributed by atoms with van der Waals surface area (Å²) in [5.74, 6) is -0.357. The molecule has 0 aromatic heterocycles. The molecule has 2 amide bonds. The van der Waals surface area contributed by atoms with E-state index >= 15 is 0 Å². The Morgan fingerprint density at radius 3 is 2.45 bits per heavy atom. The van der Waals surface area contributed by atoms with Gasteiger partial charge < -0.3 is 24.8 Å². The fraction of sp³-hybridized carbons (Fsp3) is 0.190. The van der Waals surface area contributed by atoms with Crippen molar-refractivity contribution in [1.82, 2.24) is 5.32 Å². The first kappa shape index (κ1) is 21.5. The van der Waals surface area contributed by atoms with Crippen LogP contribution in [0.5, 0.6) is 11.5 Å². The van der Waals surface area contributed by atoms with Crippen molar-refractivity contribution in [1.29, 1.82) is 0 Å². The van der Waals surface area contributed by atoms with Crippen LogP contribution in [-0.2, 0) is 14.3 Å². The number of amides is 2. The first-order valence-electron chi connectivity index (χ1n) is 8.73. The van der Waals surface area contributed by atoms with E-state index in [1.165, 1.54) is 30.3 Å². The van der Waals surface area contributed by atoms with Gasteiger partial charge in [0.2, 0.25) is 0 Å². The summed E-state index contributed by atoms with van der Waals surface area (Å²) in [5.41, 5.74) is 0.850. The van der Waals surface area contributed by atoms with E-state index in [1.54, 1.807) is 31.4 Å². The number of anilines is 1. The zero-order chi connectivity index (χ0) is 21.1. The van der Waals surface area contributed by atoms with Crippen LogP contribution in [0.3, 0.4) is 0 Å². The third kappa shape index (κ3) is 7.37. The standard InChI is InChI=1S/C21H22N2O6/c1-3-11-22-19(24)13-29-21(26)15-7-9-17(10-8-15)28-14-20(25)23-16-5-4-6-18(12-16)27-2/h3-10,12H,1,11,13-14H2,2H3,(H,22,24)(H,23,25). The normalized spacial score (nSPS) is 9.83. The number of ether oxygens (including phenoxy) is 3. The lowest BCUT2D eigenvalue weighted by atomic mass is 10.2.